The quantitative estimate of drug-likeness (QED) is 0.623. The highest BCUT2D eigenvalue weighted by atomic mass is 16.6. The standard InChI is InChI=1S/C16H17N3O3/c1-10(12-5-6-12)8-14(20)21-11(2)16-18-15(19-22-16)13-4-3-7-17-9-13/h3-4,7-9,11-12H,5-6H2,1-2H3/b10-8+/t11-/m0/s1. The van der Waals surface area contributed by atoms with E-state index in [1.807, 2.05) is 13.0 Å². The lowest BCUT2D eigenvalue weighted by molar-refractivity contribution is -0.143. The molecule has 0 bridgehead atoms. The third kappa shape index (κ3) is 3.39. The lowest BCUT2D eigenvalue weighted by Gasteiger charge is -2.07. The number of ether oxygens (including phenoxy) is 1. The normalized spacial score (nSPS) is 16.4. The number of rotatable bonds is 5. The molecule has 6 heteroatoms. The molecule has 2 aromatic heterocycles. The summed E-state index contributed by atoms with van der Waals surface area (Å²) in [6.45, 7) is 3.66. The molecule has 0 unspecified atom stereocenters. The molecule has 0 saturated heterocycles. The topological polar surface area (TPSA) is 78.1 Å². The number of carbonyl (C=O) groups excluding carboxylic acids is 1. The molecule has 1 atom stereocenters. The predicted molar refractivity (Wildman–Crippen MR) is 78.5 cm³/mol. The highest BCUT2D eigenvalue weighted by molar-refractivity contribution is 5.83. The Morgan fingerprint density at radius 1 is 1.50 bits per heavy atom. The minimum Gasteiger partial charge on any atom is -0.449 e. The maximum absolute atomic E-state index is 11.8. The van der Waals surface area contributed by atoms with Crippen molar-refractivity contribution >= 4 is 5.97 Å². The molecule has 6 nitrogen and oxygen atoms in total. The molecule has 0 N–H and O–H groups in total. The van der Waals surface area contributed by atoms with Gasteiger partial charge in [0.1, 0.15) is 0 Å². The molecular weight excluding hydrogens is 282 g/mol. The van der Waals surface area contributed by atoms with Crippen LogP contribution in [0.25, 0.3) is 11.4 Å². The first-order chi connectivity index (χ1) is 10.6. The summed E-state index contributed by atoms with van der Waals surface area (Å²) in [5.41, 5.74) is 1.82. The van der Waals surface area contributed by atoms with Crippen LogP contribution in [0.15, 0.2) is 40.7 Å². The Morgan fingerprint density at radius 2 is 2.32 bits per heavy atom. The second kappa shape index (κ2) is 6.09. The highest BCUT2D eigenvalue weighted by Gasteiger charge is 2.24. The number of nitrogens with zero attached hydrogens (tertiary/aromatic N) is 3. The monoisotopic (exact) mass is 299 g/mol. The van der Waals surface area contributed by atoms with E-state index in [-0.39, 0.29) is 11.9 Å². The van der Waals surface area contributed by atoms with Crippen LogP contribution in [0.1, 0.15) is 38.7 Å². The molecule has 1 saturated carbocycles. The summed E-state index contributed by atoms with van der Waals surface area (Å²) in [5.74, 6) is 0.863. The Bertz CT molecular complexity index is 690. The van der Waals surface area contributed by atoms with Crippen LogP contribution in [-0.4, -0.2) is 21.1 Å². The Morgan fingerprint density at radius 3 is 3.00 bits per heavy atom. The summed E-state index contributed by atoms with van der Waals surface area (Å²) in [6.07, 6.45) is 6.59. The fourth-order valence-corrected chi connectivity index (χ4v) is 2.11. The zero-order chi connectivity index (χ0) is 15.5. The Hall–Kier alpha value is -2.50. The van der Waals surface area contributed by atoms with Gasteiger partial charge in [-0.2, -0.15) is 4.98 Å². The van der Waals surface area contributed by atoms with Gasteiger partial charge in [-0.15, -0.1) is 0 Å². The number of carbonyl (C=O) groups is 1. The van der Waals surface area contributed by atoms with Crippen LogP contribution in [0.2, 0.25) is 0 Å². The van der Waals surface area contributed by atoms with Gasteiger partial charge >= 0.3 is 5.97 Å². The fourth-order valence-electron chi connectivity index (χ4n) is 2.11. The number of pyridine rings is 1. The molecule has 1 aliphatic rings. The Balaban J connectivity index is 1.65. The van der Waals surface area contributed by atoms with Crippen molar-refractivity contribution in [1.29, 1.82) is 0 Å². The summed E-state index contributed by atoms with van der Waals surface area (Å²) < 4.78 is 10.5. The van der Waals surface area contributed by atoms with Gasteiger partial charge in [-0.05, 0) is 44.7 Å². The van der Waals surface area contributed by atoms with Gasteiger partial charge in [-0.25, -0.2) is 4.79 Å². The average Bonchev–Trinajstić information content (AvgIpc) is 3.25. The van der Waals surface area contributed by atoms with Gasteiger partial charge in [-0.3, -0.25) is 4.98 Å². The van der Waals surface area contributed by atoms with Crippen molar-refractivity contribution in [3.05, 3.63) is 42.1 Å². The SMILES string of the molecule is C/C(=C\C(=O)O[C@@H](C)c1nc(-c2cccnc2)no1)C1CC1. The van der Waals surface area contributed by atoms with E-state index >= 15 is 0 Å². The number of esters is 1. The van der Waals surface area contributed by atoms with Crippen molar-refractivity contribution < 1.29 is 14.1 Å². The van der Waals surface area contributed by atoms with Crippen LogP contribution in [0, 0.1) is 5.92 Å². The second-order valence-electron chi connectivity index (χ2n) is 5.44. The van der Waals surface area contributed by atoms with Crippen LogP contribution in [-0.2, 0) is 9.53 Å². The minimum absolute atomic E-state index is 0.268. The van der Waals surface area contributed by atoms with E-state index in [2.05, 4.69) is 15.1 Å². The van der Waals surface area contributed by atoms with Crippen molar-refractivity contribution in [3.8, 4) is 11.4 Å². The predicted octanol–water partition coefficient (Wildman–Crippen LogP) is 3.09. The van der Waals surface area contributed by atoms with Crippen LogP contribution in [0.4, 0.5) is 0 Å². The van der Waals surface area contributed by atoms with Crippen LogP contribution in [0.3, 0.4) is 0 Å². The lowest BCUT2D eigenvalue weighted by Crippen LogP contribution is -2.07. The zero-order valence-electron chi connectivity index (χ0n) is 12.5. The van der Waals surface area contributed by atoms with E-state index in [4.69, 9.17) is 9.26 Å². The van der Waals surface area contributed by atoms with Crippen molar-refractivity contribution in [2.24, 2.45) is 5.92 Å². The maximum atomic E-state index is 11.8. The van der Waals surface area contributed by atoms with Gasteiger partial charge in [0.15, 0.2) is 6.10 Å². The third-order valence-electron chi connectivity index (χ3n) is 3.57. The van der Waals surface area contributed by atoms with Gasteiger partial charge in [0.05, 0.1) is 0 Å². The van der Waals surface area contributed by atoms with E-state index < -0.39 is 6.10 Å². The summed E-state index contributed by atoms with van der Waals surface area (Å²) in [5, 5.41) is 3.88. The average molecular weight is 299 g/mol. The molecular formula is C16H17N3O3. The molecule has 0 aliphatic heterocycles. The summed E-state index contributed by atoms with van der Waals surface area (Å²) in [7, 11) is 0. The Kier molecular flexibility index (Phi) is 4.00. The molecule has 1 aliphatic carbocycles. The van der Waals surface area contributed by atoms with E-state index in [9.17, 15) is 4.79 Å². The van der Waals surface area contributed by atoms with Crippen molar-refractivity contribution in [1.82, 2.24) is 15.1 Å². The first-order valence-corrected chi connectivity index (χ1v) is 7.26. The molecule has 0 spiro atoms. The number of hydrogen-bond acceptors (Lipinski definition) is 6. The van der Waals surface area contributed by atoms with Crippen molar-refractivity contribution in [2.75, 3.05) is 0 Å². The van der Waals surface area contributed by atoms with Gasteiger partial charge in [0.25, 0.3) is 5.89 Å². The van der Waals surface area contributed by atoms with Crippen molar-refractivity contribution in [3.63, 3.8) is 0 Å². The minimum atomic E-state index is -0.589. The molecule has 0 aromatic carbocycles. The zero-order valence-corrected chi connectivity index (χ0v) is 12.5. The second-order valence-corrected chi connectivity index (χ2v) is 5.44. The summed E-state index contributed by atoms with van der Waals surface area (Å²) in [6, 6.07) is 3.63. The highest BCUT2D eigenvalue weighted by Crippen LogP contribution is 2.36. The first kappa shape index (κ1) is 14.4. The number of hydrogen-bond donors (Lipinski definition) is 0. The molecule has 1 fully saturated rings. The molecule has 114 valence electrons. The van der Waals surface area contributed by atoms with E-state index in [0.717, 1.165) is 24.0 Å². The molecule has 22 heavy (non-hydrogen) atoms. The number of allylic oxidation sites excluding steroid dienone is 1. The van der Waals surface area contributed by atoms with Gasteiger partial charge in [0, 0.05) is 24.0 Å². The fraction of sp³-hybridized carbons (Fsp3) is 0.375. The van der Waals surface area contributed by atoms with E-state index in [1.165, 1.54) is 0 Å². The molecule has 3 rings (SSSR count). The lowest BCUT2D eigenvalue weighted by atomic mass is 10.2. The first-order valence-electron chi connectivity index (χ1n) is 7.26. The summed E-state index contributed by atoms with van der Waals surface area (Å²) in [4.78, 5) is 20.1. The third-order valence-corrected chi connectivity index (χ3v) is 3.57. The maximum Gasteiger partial charge on any atom is 0.331 e. The van der Waals surface area contributed by atoms with Gasteiger partial charge in [-0.1, -0.05) is 10.7 Å². The van der Waals surface area contributed by atoms with Gasteiger partial charge < -0.3 is 9.26 Å². The Labute approximate surface area is 128 Å². The van der Waals surface area contributed by atoms with E-state index in [0.29, 0.717) is 11.7 Å². The van der Waals surface area contributed by atoms with Crippen molar-refractivity contribution in [2.45, 2.75) is 32.8 Å². The molecule has 0 amide bonds. The van der Waals surface area contributed by atoms with E-state index in [1.54, 1.807) is 31.5 Å². The van der Waals surface area contributed by atoms with Crippen LogP contribution < -0.4 is 0 Å². The largest absolute Gasteiger partial charge is 0.449 e. The number of aromatic nitrogens is 3. The molecule has 2 heterocycles. The van der Waals surface area contributed by atoms with Crippen LogP contribution >= 0.6 is 0 Å². The van der Waals surface area contributed by atoms with Gasteiger partial charge in [0.2, 0.25) is 5.82 Å². The molecule has 2 aromatic rings. The summed E-state index contributed by atoms with van der Waals surface area (Å²) >= 11 is 0. The smallest absolute Gasteiger partial charge is 0.331 e. The molecule has 0 radical (unpaired) electrons. The van der Waals surface area contributed by atoms with Crippen LogP contribution in [0.5, 0.6) is 0 Å².